The maximum atomic E-state index is 12.4. The van der Waals surface area contributed by atoms with Crippen molar-refractivity contribution in [2.45, 2.75) is 57.2 Å². The second-order valence-corrected chi connectivity index (χ2v) is 10.9. The van der Waals surface area contributed by atoms with Crippen LogP contribution in [0, 0.1) is 5.41 Å². The summed E-state index contributed by atoms with van der Waals surface area (Å²) in [6.07, 6.45) is 2.82. The average Bonchev–Trinajstić information content (AvgIpc) is 3.50. The monoisotopic (exact) mass is 447 g/mol. The number of likely N-dealkylation sites (tertiary alicyclic amines) is 1. The Bertz CT molecular complexity index is 1140. The molecule has 0 bridgehead atoms. The highest BCUT2D eigenvalue weighted by Crippen LogP contribution is 2.51. The van der Waals surface area contributed by atoms with Gasteiger partial charge in [0.15, 0.2) is 5.82 Å². The Morgan fingerprint density at radius 3 is 2.36 bits per heavy atom. The van der Waals surface area contributed by atoms with Gasteiger partial charge in [-0.05, 0) is 68.5 Å². The fourth-order valence-corrected chi connectivity index (χ4v) is 5.36. The van der Waals surface area contributed by atoms with Gasteiger partial charge in [-0.15, -0.1) is 0 Å². The van der Waals surface area contributed by atoms with Crippen molar-refractivity contribution in [3.63, 3.8) is 0 Å². The summed E-state index contributed by atoms with van der Waals surface area (Å²) < 4.78 is 5.50. The van der Waals surface area contributed by atoms with Crippen LogP contribution in [-0.4, -0.2) is 51.0 Å². The van der Waals surface area contributed by atoms with Crippen LogP contribution in [0.1, 0.15) is 62.0 Å². The second kappa shape index (κ2) is 7.76. The highest BCUT2D eigenvalue weighted by molar-refractivity contribution is 5.56. The minimum absolute atomic E-state index is 0.303. The molecule has 0 unspecified atom stereocenters. The topological polar surface area (TPSA) is 82.6 Å². The van der Waals surface area contributed by atoms with Crippen LogP contribution in [0.5, 0.6) is 0 Å². The number of benzene rings is 2. The van der Waals surface area contributed by atoms with Crippen LogP contribution in [0.3, 0.4) is 0 Å². The van der Waals surface area contributed by atoms with Crippen molar-refractivity contribution in [1.29, 1.82) is 0 Å². The molecule has 6 nitrogen and oxygen atoms in total. The zero-order chi connectivity index (χ0) is 23.4. The van der Waals surface area contributed by atoms with Crippen molar-refractivity contribution in [2.75, 3.05) is 20.1 Å². The van der Waals surface area contributed by atoms with Crippen LogP contribution in [0.4, 0.5) is 0 Å². The zero-order valence-corrected chi connectivity index (χ0v) is 19.9. The Kier molecular flexibility index (Phi) is 5.23. The summed E-state index contributed by atoms with van der Waals surface area (Å²) in [4.78, 5) is 6.71. The van der Waals surface area contributed by atoms with Gasteiger partial charge in [0, 0.05) is 30.5 Å². The van der Waals surface area contributed by atoms with Crippen LogP contribution < -0.4 is 0 Å². The van der Waals surface area contributed by atoms with Gasteiger partial charge in [0.1, 0.15) is 5.60 Å². The average molecular weight is 448 g/mol. The van der Waals surface area contributed by atoms with Crippen LogP contribution >= 0.6 is 0 Å². The van der Waals surface area contributed by atoms with Crippen LogP contribution in [-0.2, 0) is 12.0 Å². The van der Waals surface area contributed by atoms with Gasteiger partial charge in [0.2, 0.25) is 0 Å². The number of rotatable bonds is 7. The van der Waals surface area contributed by atoms with Crippen LogP contribution in [0.15, 0.2) is 53.1 Å². The van der Waals surface area contributed by atoms with E-state index in [2.05, 4.69) is 53.3 Å². The lowest BCUT2D eigenvalue weighted by atomic mass is 9.62. The molecule has 1 atom stereocenters. The Labute approximate surface area is 195 Å². The van der Waals surface area contributed by atoms with E-state index >= 15 is 0 Å². The molecule has 2 N–H and O–H groups in total. The van der Waals surface area contributed by atoms with Gasteiger partial charge >= 0.3 is 0 Å². The number of aromatic nitrogens is 2. The molecule has 5 rings (SSSR count). The third-order valence-corrected chi connectivity index (χ3v) is 7.07. The highest BCUT2D eigenvalue weighted by Gasteiger charge is 2.55. The Morgan fingerprint density at radius 2 is 1.76 bits per heavy atom. The Morgan fingerprint density at radius 1 is 1.06 bits per heavy atom. The minimum atomic E-state index is -1.16. The molecule has 1 aromatic heterocycles. The van der Waals surface area contributed by atoms with Crippen molar-refractivity contribution in [3.8, 4) is 11.5 Å². The first-order chi connectivity index (χ1) is 15.6. The lowest BCUT2D eigenvalue weighted by Crippen LogP contribution is -2.63. The quantitative estimate of drug-likeness (QED) is 0.567. The van der Waals surface area contributed by atoms with Gasteiger partial charge in [0.05, 0.1) is 5.60 Å². The van der Waals surface area contributed by atoms with E-state index in [1.807, 2.05) is 24.3 Å². The number of hydrogen-bond acceptors (Lipinski definition) is 6. The molecule has 2 fully saturated rings. The number of aliphatic hydroxyl groups is 2. The van der Waals surface area contributed by atoms with E-state index in [-0.39, 0.29) is 5.41 Å². The Hall–Kier alpha value is -2.54. The van der Waals surface area contributed by atoms with E-state index < -0.39 is 11.2 Å². The summed E-state index contributed by atoms with van der Waals surface area (Å²) in [6, 6.07) is 16.3. The first-order valence-corrected chi connectivity index (χ1v) is 11.7. The predicted molar refractivity (Wildman–Crippen MR) is 127 cm³/mol. The molecule has 6 heteroatoms. The molecular formula is C27H33N3O3. The summed E-state index contributed by atoms with van der Waals surface area (Å²) in [5.41, 5.74) is 1.43. The predicted octanol–water partition coefficient (Wildman–Crippen LogP) is 4.12. The van der Waals surface area contributed by atoms with Crippen LogP contribution in [0.25, 0.3) is 11.5 Å². The molecule has 1 aliphatic carbocycles. The first kappa shape index (κ1) is 22.3. The molecule has 1 aliphatic heterocycles. The summed E-state index contributed by atoms with van der Waals surface area (Å²) in [6.45, 7) is 7.19. The maximum Gasteiger partial charge on any atom is 0.257 e. The molecule has 0 amide bonds. The molecule has 3 aromatic rings. The molecule has 1 saturated heterocycles. The SMILES string of the molecule is CN1CC(C)([C@](O)(c2ccc(C3CC3)cc2)c2cccc(-c3nc(CC(C)(C)O)no3)c2)C1. The van der Waals surface area contributed by atoms with Crippen molar-refractivity contribution < 1.29 is 14.7 Å². The van der Waals surface area contributed by atoms with Gasteiger partial charge < -0.3 is 19.6 Å². The standard InChI is InChI=1S/C27H33N3O3/c1-25(2,31)15-23-28-24(33-29-23)20-6-5-7-22(14-20)27(32,26(3)16-30(4)17-26)21-12-10-19(11-13-21)18-8-9-18/h5-7,10-14,18,31-32H,8-9,15-17H2,1-4H3/t27-/m0/s1. The number of nitrogens with zero attached hydrogens (tertiary/aromatic N) is 3. The first-order valence-electron chi connectivity index (χ1n) is 11.7. The second-order valence-electron chi connectivity index (χ2n) is 10.9. The van der Waals surface area contributed by atoms with Gasteiger partial charge in [-0.3, -0.25) is 0 Å². The lowest BCUT2D eigenvalue weighted by Gasteiger charge is -2.56. The molecule has 2 aromatic carbocycles. The minimum Gasteiger partial charge on any atom is -0.390 e. The fourth-order valence-electron chi connectivity index (χ4n) is 5.36. The normalized spacial score (nSPS) is 20.3. The molecule has 2 heterocycles. The largest absolute Gasteiger partial charge is 0.390 e. The lowest BCUT2D eigenvalue weighted by molar-refractivity contribution is -0.127. The molecule has 0 spiro atoms. The molecule has 1 saturated carbocycles. The van der Waals surface area contributed by atoms with E-state index in [0.29, 0.717) is 24.1 Å². The van der Waals surface area contributed by atoms with E-state index in [0.717, 1.165) is 29.8 Å². The van der Waals surface area contributed by atoms with Gasteiger partial charge in [-0.25, -0.2) is 0 Å². The molecule has 0 radical (unpaired) electrons. The number of hydrogen-bond donors (Lipinski definition) is 2. The van der Waals surface area contributed by atoms with Gasteiger partial charge in [0.25, 0.3) is 5.89 Å². The summed E-state index contributed by atoms with van der Waals surface area (Å²) in [7, 11) is 2.08. The molecule has 33 heavy (non-hydrogen) atoms. The molecule has 174 valence electrons. The third-order valence-electron chi connectivity index (χ3n) is 7.07. The van der Waals surface area contributed by atoms with Crippen LogP contribution in [0.2, 0.25) is 0 Å². The van der Waals surface area contributed by atoms with Crippen molar-refractivity contribution in [3.05, 3.63) is 71.0 Å². The van der Waals surface area contributed by atoms with Crippen molar-refractivity contribution >= 4 is 0 Å². The maximum absolute atomic E-state index is 12.4. The summed E-state index contributed by atoms with van der Waals surface area (Å²) >= 11 is 0. The summed E-state index contributed by atoms with van der Waals surface area (Å²) in [5, 5.41) is 26.5. The fraction of sp³-hybridized carbons (Fsp3) is 0.481. The smallest absolute Gasteiger partial charge is 0.257 e. The third kappa shape index (κ3) is 4.12. The zero-order valence-electron chi connectivity index (χ0n) is 19.9. The summed E-state index contributed by atoms with van der Waals surface area (Å²) in [5.74, 6) is 1.52. The van der Waals surface area contributed by atoms with Gasteiger partial charge in [-0.2, -0.15) is 4.98 Å². The molecular weight excluding hydrogens is 414 g/mol. The van der Waals surface area contributed by atoms with E-state index in [1.165, 1.54) is 18.4 Å². The van der Waals surface area contributed by atoms with Crippen molar-refractivity contribution in [1.82, 2.24) is 15.0 Å². The van der Waals surface area contributed by atoms with E-state index in [9.17, 15) is 10.2 Å². The molecule has 2 aliphatic rings. The van der Waals surface area contributed by atoms with E-state index in [4.69, 9.17) is 4.52 Å². The van der Waals surface area contributed by atoms with Crippen molar-refractivity contribution in [2.24, 2.45) is 5.41 Å². The highest BCUT2D eigenvalue weighted by atomic mass is 16.5. The van der Waals surface area contributed by atoms with Gasteiger partial charge in [-0.1, -0.05) is 48.5 Å². The van der Waals surface area contributed by atoms with E-state index in [1.54, 1.807) is 13.8 Å². The Balaban J connectivity index is 1.53.